The Bertz CT molecular complexity index is 1310. The number of nitro benzene ring substituents is 1. The van der Waals surface area contributed by atoms with E-state index in [1.165, 1.54) is 30.5 Å². The van der Waals surface area contributed by atoms with E-state index in [2.05, 4.69) is 10.3 Å². The van der Waals surface area contributed by atoms with E-state index in [0.29, 0.717) is 10.5 Å². The summed E-state index contributed by atoms with van der Waals surface area (Å²) in [5.41, 5.74) is -0.461. The summed E-state index contributed by atoms with van der Waals surface area (Å²) in [4.78, 5) is 53.3. The van der Waals surface area contributed by atoms with Gasteiger partial charge in [-0.3, -0.25) is 29.4 Å². The van der Waals surface area contributed by atoms with Gasteiger partial charge >= 0.3 is 0 Å². The van der Waals surface area contributed by atoms with Gasteiger partial charge in [0, 0.05) is 17.0 Å². The summed E-state index contributed by atoms with van der Waals surface area (Å²) < 4.78 is 26.6. The predicted octanol–water partition coefficient (Wildman–Crippen LogP) is 3.62. The highest BCUT2D eigenvalue weighted by atomic mass is 32.1. The van der Waals surface area contributed by atoms with Crippen molar-refractivity contribution in [3.8, 4) is 11.3 Å². The lowest BCUT2D eigenvalue weighted by Crippen LogP contribution is -2.45. The molecule has 2 aromatic carbocycles. The summed E-state index contributed by atoms with van der Waals surface area (Å²) >= 11 is 1.00. The Hall–Kier alpha value is -4.06. The van der Waals surface area contributed by atoms with Crippen LogP contribution in [0.1, 0.15) is 27.6 Å². The van der Waals surface area contributed by atoms with Crippen LogP contribution in [0.4, 0.5) is 19.6 Å². The van der Waals surface area contributed by atoms with Gasteiger partial charge in [-0.25, -0.2) is 13.8 Å². The van der Waals surface area contributed by atoms with Gasteiger partial charge < -0.3 is 5.32 Å². The molecule has 0 unspecified atom stereocenters. The van der Waals surface area contributed by atoms with Crippen molar-refractivity contribution in [2.75, 3.05) is 5.32 Å². The molecule has 1 aliphatic heterocycles. The first-order valence-corrected chi connectivity index (χ1v) is 9.94. The van der Waals surface area contributed by atoms with Crippen LogP contribution >= 0.6 is 11.3 Å². The molecule has 0 bridgehead atoms. The first kappa shape index (κ1) is 21.2. The topological polar surface area (TPSA) is 123 Å². The number of thiazole rings is 1. The van der Waals surface area contributed by atoms with E-state index in [4.69, 9.17) is 0 Å². The van der Waals surface area contributed by atoms with Crippen LogP contribution < -0.4 is 5.32 Å². The molecule has 4 rings (SSSR count). The first-order valence-electron chi connectivity index (χ1n) is 9.06. The standard InChI is InChI=1S/C20H12F2N4O5S/c1-9(25-18(28)11-3-2-4-15(26(30)31)16(11)19(25)29)17(27)24-20-23-14(8-32-20)10-5-6-12(21)13(22)7-10/h2-9H,1H3,(H,23,24,27)/t9-/m0/s1. The zero-order valence-electron chi connectivity index (χ0n) is 16.2. The molecule has 0 aliphatic carbocycles. The molecule has 0 spiro atoms. The molecule has 0 radical (unpaired) electrons. The van der Waals surface area contributed by atoms with Crippen molar-refractivity contribution >= 4 is 39.9 Å². The lowest BCUT2D eigenvalue weighted by Gasteiger charge is -2.20. The summed E-state index contributed by atoms with van der Waals surface area (Å²) in [6.07, 6.45) is 0. The van der Waals surface area contributed by atoms with Crippen LogP contribution in [-0.4, -0.2) is 38.6 Å². The Morgan fingerprint density at radius 2 is 1.94 bits per heavy atom. The van der Waals surface area contributed by atoms with E-state index in [-0.39, 0.29) is 22.0 Å². The van der Waals surface area contributed by atoms with Crippen LogP contribution in [0, 0.1) is 21.7 Å². The molecule has 3 amide bonds. The van der Waals surface area contributed by atoms with E-state index in [1.54, 1.807) is 0 Å². The molecule has 1 aliphatic rings. The molecule has 162 valence electrons. The second-order valence-corrected chi connectivity index (χ2v) is 7.63. The van der Waals surface area contributed by atoms with Gasteiger partial charge in [-0.2, -0.15) is 0 Å². The quantitative estimate of drug-likeness (QED) is 0.354. The van der Waals surface area contributed by atoms with Crippen molar-refractivity contribution in [3.63, 3.8) is 0 Å². The minimum absolute atomic E-state index is 0.101. The minimum atomic E-state index is -1.29. The Labute approximate surface area is 182 Å². The smallest absolute Gasteiger partial charge is 0.282 e. The fourth-order valence-corrected chi connectivity index (χ4v) is 3.96. The molecule has 0 saturated carbocycles. The lowest BCUT2D eigenvalue weighted by atomic mass is 10.1. The maximum absolute atomic E-state index is 13.4. The number of rotatable bonds is 5. The number of hydrogen-bond acceptors (Lipinski definition) is 7. The van der Waals surface area contributed by atoms with Crippen LogP contribution in [0.15, 0.2) is 41.8 Å². The minimum Gasteiger partial charge on any atom is -0.300 e. The van der Waals surface area contributed by atoms with Crippen LogP contribution in [0.25, 0.3) is 11.3 Å². The Morgan fingerprint density at radius 3 is 2.62 bits per heavy atom. The number of carbonyl (C=O) groups excluding carboxylic acids is 3. The van der Waals surface area contributed by atoms with Gasteiger partial charge in [0.2, 0.25) is 5.91 Å². The van der Waals surface area contributed by atoms with Gasteiger partial charge in [-0.05, 0) is 31.2 Å². The van der Waals surface area contributed by atoms with E-state index in [9.17, 15) is 33.3 Å². The molecule has 1 N–H and O–H groups in total. The second kappa shape index (κ2) is 7.89. The summed E-state index contributed by atoms with van der Waals surface area (Å²) in [5.74, 6) is -4.57. The number of nitrogens with zero attached hydrogens (tertiary/aromatic N) is 3. The highest BCUT2D eigenvalue weighted by Gasteiger charge is 2.44. The molecule has 9 nitrogen and oxygen atoms in total. The molecule has 0 fully saturated rings. The van der Waals surface area contributed by atoms with Gasteiger partial charge in [0.15, 0.2) is 16.8 Å². The highest BCUT2D eigenvalue weighted by Crippen LogP contribution is 2.32. The van der Waals surface area contributed by atoms with Gasteiger partial charge in [-0.15, -0.1) is 11.3 Å². The third-order valence-corrected chi connectivity index (χ3v) is 5.60. The third kappa shape index (κ3) is 3.50. The summed E-state index contributed by atoms with van der Waals surface area (Å²) in [6, 6.07) is 5.61. The summed E-state index contributed by atoms with van der Waals surface area (Å²) in [6.45, 7) is 1.30. The number of nitrogens with one attached hydrogen (secondary N) is 1. The number of carbonyl (C=O) groups is 3. The first-order chi connectivity index (χ1) is 15.2. The SMILES string of the molecule is C[C@@H](C(=O)Nc1nc(-c2ccc(F)c(F)c2)cs1)N1C(=O)c2cccc([N+](=O)[O-])c2C1=O. The Kier molecular flexibility index (Phi) is 5.22. The van der Waals surface area contributed by atoms with Gasteiger partial charge in [0.25, 0.3) is 17.5 Å². The zero-order valence-corrected chi connectivity index (χ0v) is 17.0. The molecule has 1 aromatic heterocycles. The van der Waals surface area contributed by atoms with Crippen molar-refractivity contribution < 1.29 is 28.1 Å². The average molecular weight is 458 g/mol. The molecule has 1 atom stereocenters. The highest BCUT2D eigenvalue weighted by molar-refractivity contribution is 7.14. The summed E-state index contributed by atoms with van der Waals surface area (Å²) in [7, 11) is 0. The fraction of sp³-hybridized carbons (Fsp3) is 0.100. The van der Waals surface area contributed by atoms with E-state index in [1.807, 2.05) is 0 Å². The maximum Gasteiger partial charge on any atom is 0.282 e. The molecule has 3 aromatic rings. The predicted molar refractivity (Wildman–Crippen MR) is 109 cm³/mol. The van der Waals surface area contributed by atoms with Crippen LogP contribution in [-0.2, 0) is 4.79 Å². The second-order valence-electron chi connectivity index (χ2n) is 6.77. The summed E-state index contributed by atoms with van der Waals surface area (Å²) in [5, 5.41) is 15.3. The van der Waals surface area contributed by atoms with Crippen molar-refractivity contribution in [2.45, 2.75) is 13.0 Å². The maximum atomic E-state index is 13.4. The van der Waals surface area contributed by atoms with Crippen molar-refractivity contribution in [2.24, 2.45) is 0 Å². The Morgan fingerprint density at radius 1 is 1.19 bits per heavy atom. The number of anilines is 1. The number of amides is 3. The van der Waals surface area contributed by atoms with E-state index < -0.39 is 46.0 Å². The number of hydrogen-bond donors (Lipinski definition) is 1. The molecule has 32 heavy (non-hydrogen) atoms. The lowest BCUT2D eigenvalue weighted by molar-refractivity contribution is -0.385. The molecule has 0 saturated heterocycles. The van der Waals surface area contributed by atoms with Gasteiger partial charge in [-0.1, -0.05) is 6.07 Å². The van der Waals surface area contributed by atoms with Crippen molar-refractivity contribution in [3.05, 3.63) is 74.7 Å². The molecular formula is C20H12F2N4O5S. The molecule has 2 heterocycles. The van der Waals surface area contributed by atoms with Crippen LogP contribution in [0.3, 0.4) is 0 Å². The normalized spacial score (nSPS) is 13.8. The van der Waals surface area contributed by atoms with E-state index in [0.717, 1.165) is 29.5 Å². The number of benzene rings is 2. The van der Waals surface area contributed by atoms with Gasteiger partial charge in [0.1, 0.15) is 11.6 Å². The number of fused-ring (bicyclic) bond motifs is 1. The largest absolute Gasteiger partial charge is 0.300 e. The van der Waals surface area contributed by atoms with Crippen molar-refractivity contribution in [1.82, 2.24) is 9.88 Å². The number of halogens is 2. The number of imide groups is 1. The number of nitro groups is 1. The van der Waals surface area contributed by atoms with Gasteiger partial charge in [0.05, 0.1) is 16.2 Å². The fourth-order valence-electron chi connectivity index (χ4n) is 3.24. The van der Waals surface area contributed by atoms with Crippen LogP contribution in [0.2, 0.25) is 0 Å². The number of aromatic nitrogens is 1. The van der Waals surface area contributed by atoms with Crippen LogP contribution in [0.5, 0.6) is 0 Å². The molecular weight excluding hydrogens is 446 g/mol. The zero-order chi connectivity index (χ0) is 23.2. The Balaban J connectivity index is 1.54. The van der Waals surface area contributed by atoms with Crippen molar-refractivity contribution in [1.29, 1.82) is 0 Å². The van der Waals surface area contributed by atoms with E-state index >= 15 is 0 Å². The monoisotopic (exact) mass is 458 g/mol. The average Bonchev–Trinajstić information content (AvgIpc) is 3.32. The molecule has 12 heteroatoms. The third-order valence-electron chi connectivity index (χ3n) is 4.84.